The summed E-state index contributed by atoms with van der Waals surface area (Å²) in [5.41, 5.74) is 5.29. The van der Waals surface area contributed by atoms with E-state index in [2.05, 4.69) is 62.4 Å². The Morgan fingerprint density at radius 1 is 1.04 bits per heavy atom. The van der Waals surface area contributed by atoms with Crippen LogP contribution in [0.25, 0.3) is 17.1 Å². The number of methoxy groups -OCH3 is 1. The highest BCUT2D eigenvalue weighted by Gasteiger charge is 2.16. The van der Waals surface area contributed by atoms with Crippen molar-refractivity contribution in [3.63, 3.8) is 0 Å². The number of aryl methyl sites for hydroxylation is 2. The number of ether oxygens (including phenoxy) is 1. The van der Waals surface area contributed by atoms with Gasteiger partial charge in [-0.2, -0.15) is 9.90 Å². The maximum absolute atomic E-state index is 5.18. The molecule has 0 N–H and O–H groups in total. The van der Waals surface area contributed by atoms with E-state index in [0.29, 0.717) is 12.4 Å². The van der Waals surface area contributed by atoms with Crippen LogP contribution in [-0.4, -0.2) is 37.1 Å². The van der Waals surface area contributed by atoms with Gasteiger partial charge in [-0.25, -0.2) is 4.68 Å². The Hall–Kier alpha value is -3.00. The predicted molar refractivity (Wildman–Crippen MR) is 110 cm³/mol. The highest BCUT2D eigenvalue weighted by atomic mass is 79.9. The van der Waals surface area contributed by atoms with E-state index in [4.69, 9.17) is 4.74 Å². The van der Waals surface area contributed by atoms with Gasteiger partial charge in [0.15, 0.2) is 0 Å². The molecule has 0 aliphatic carbocycles. The molecule has 8 heteroatoms. The summed E-state index contributed by atoms with van der Waals surface area (Å²) in [4.78, 5) is 1.57. The molecular formula is C20H19BrN6O. The van der Waals surface area contributed by atoms with E-state index in [1.165, 1.54) is 11.1 Å². The lowest BCUT2D eigenvalue weighted by atomic mass is 10.1. The number of nitrogens with zero attached hydrogens (tertiary/aromatic N) is 6. The third-order valence-electron chi connectivity index (χ3n) is 4.62. The smallest absolute Gasteiger partial charge is 0.209 e. The molecule has 4 aromatic rings. The van der Waals surface area contributed by atoms with Gasteiger partial charge >= 0.3 is 0 Å². The maximum Gasteiger partial charge on any atom is 0.209 e. The van der Waals surface area contributed by atoms with E-state index >= 15 is 0 Å². The van der Waals surface area contributed by atoms with Crippen molar-refractivity contribution in [3.05, 3.63) is 70.0 Å². The fraction of sp³-hybridized carbons (Fsp3) is 0.200. The van der Waals surface area contributed by atoms with Crippen molar-refractivity contribution >= 4 is 15.9 Å². The van der Waals surface area contributed by atoms with Crippen molar-refractivity contribution < 1.29 is 4.74 Å². The van der Waals surface area contributed by atoms with E-state index in [9.17, 15) is 0 Å². The molecule has 142 valence electrons. The maximum atomic E-state index is 5.18. The van der Waals surface area contributed by atoms with Crippen molar-refractivity contribution in [2.45, 2.75) is 20.4 Å². The van der Waals surface area contributed by atoms with E-state index in [1.54, 1.807) is 18.1 Å². The molecule has 28 heavy (non-hydrogen) atoms. The Labute approximate surface area is 171 Å². The first-order valence-electron chi connectivity index (χ1n) is 8.77. The third-order valence-corrected chi connectivity index (χ3v) is 5.39. The van der Waals surface area contributed by atoms with Gasteiger partial charge in [0, 0.05) is 0 Å². The molecule has 2 heterocycles. The van der Waals surface area contributed by atoms with Crippen LogP contribution < -0.4 is 4.74 Å². The summed E-state index contributed by atoms with van der Waals surface area (Å²) in [6.45, 7) is 4.71. The van der Waals surface area contributed by atoms with Crippen LogP contribution in [0.2, 0.25) is 0 Å². The van der Waals surface area contributed by atoms with E-state index < -0.39 is 0 Å². The zero-order chi connectivity index (χ0) is 19.7. The van der Waals surface area contributed by atoms with Gasteiger partial charge in [-0.15, -0.1) is 10.2 Å². The SMILES string of the molecule is COc1ccc(Cn2nnc(-c3cnn(-c4ccc(C)c(C)c4)c3Br)n2)cc1. The molecule has 7 nitrogen and oxygen atoms in total. The third kappa shape index (κ3) is 3.55. The van der Waals surface area contributed by atoms with Crippen LogP contribution >= 0.6 is 15.9 Å². The van der Waals surface area contributed by atoms with Crippen LogP contribution in [-0.2, 0) is 6.54 Å². The average molecular weight is 439 g/mol. The number of rotatable bonds is 5. The molecule has 0 saturated heterocycles. The van der Waals surface area contributed by atoms with E-state index in [0.717, 1.165) is 27.2 Å². The number of hydrogen-bond donors (Lipinski definition) is 0. The van der Waals surface area contributed by atoms with Crippen molar-refractivity contribution in [2.24, 2.45) is 0 Å². The molecule has 0 saturated carbocycles. The van der Waals surface area contributed by atoms with Gasteiger partial charge in [-0.05, 0) is 75.9 Å². The van der Waals surface area contributed by atoms with Gasteiger partial charge < -0.3 is 4.74 Å². The lowest BCUT2D eigenvalue weighted by Gasteiger charge is -2.06. The minimum Gasteiger partial charge on any atom is -0.497 e. The molecule has 4 rings (SSSR count). The molecular weight excluding hydrogens is 420 g/mol. The summed E-state index contributed by atoms with van der Waals surface area (Å²) in [7, 11) is 1.65. The number of tetrazole rings is 1. The van der Waals surface area contributed by atoms with Crippen LogP contribution in [0.3, 0.4) is 0 Å². The second-order valence-electron chi connectivity index (χ2n) is 6.52. The Kier molecular flexibility index (Phi) is 4.95. The predicted octanol–water partition coefficient (Wildman–Crippen LogP) is 3.96. The minimum absolute atomic E-state index is 0.524. The number of benzene rings is 2. The van der Waals surface area contributed by atoms with Gasteiger partial charge in [-0.1, -0.05) is 18.2 Å². The molecule has 2 aromatic heterocycles. The van der Waals surface area contributed by atoms with Crippen molar-refractivity contribution in [3.8, 4) is 22.8 Å². The highest BCUT2D eigenvalue weighted by molar-refractivity contribution is 9.10. The van der Waals surface area contributed by atoms with Crippen LogP contribution in [0.15, 0.2) is 53.3 Å². The molecule has 0 aliphatic rings. The first-order chi connectivity index (χ1) is 13.5. The quantitative estimate of drug-likeness (QED) is 0.471. The van der Waals surface area contributed by atoms with Crippen LogP contribution in [0.1, 0.15) is 16.7 Å². The second-order valence-corrected chi connectivity index (χ2v) is 7.27. The van der Waals surface area contributed by atoms with Gasteiger partial charge in [-0.3, -0.25) is 0 Å². The van der Waals surface area contributed by atoms with E-state index in [1.807, 2.05) is 35.0 Å². The first kappa shape index (κ1) is 18.4. The molecule has 0 unspecified atom stereocenters. The standard InChI is InChI=1S/C20H19BrN6O/c1-13-4-7-16(10-14(13)2)27-19(21)18(11-22-27)20-23-25-26(24-20)12-15-5-8-17(28-3)9-6-15/h4-11H,12H2,1-3H3. The summed E-state index contributed by atoms with van der Waals surface area (Å²) in [5.74, 6) is 1.34. The van der Waals surface area contributed by atoms with Crippen LogP contribution in [0.5, 0.6) is 5.75 Å². The van der Waals surface area contributed by atoms with Gasteiger partial charge in [0.2, 0.25) is 5.82 Å². The molecule has 0 spiro atoms. The van der Waals surface area contributed by atoms with Gasteiger partial charge in [0.25, 0.3) is 0 Å². The fourth-order valence-corrected chi connectivity index (χ4v) is 3.41. The van der Waals surface area contributed by atoms with Gasteiger partial charge in [0.05, 0.1) is 31.1 Å². The lowest BCUT2D eigenvalue weighted by molar-refractivity contribution is 0.414. The minimum atomic E-state index is 0.524. The summed E-state index contributed by atoms with van der Waals surface area (Å²) in [5, 5.41) is 17.3. The van der Waals surface area contributed by atoms with Crippen molar-refractivity contribution in [2.75, 3.05) is 7.11 Å². The Morgan fingerprint density at radius 2 is 1.82 bits per heavy atom. The molecule has 0 amide bonds. The summed E-state index contributed by atoms with van der Waals surface area (Å²) >= 11 is 3.63. The first-order valence-corrected chi connectivity index (χ1v) is 9.56. The zero-order valence-electron chi connectivity index (χ0n) is 15.8. The Morgan fingerprint density at radius 3 is 2.54 bits per heavy atom. The van der Waals surface area contributed by atoms with Crippen molar-refractivity contribution in [1.29, 1.82) is 0 Å². The molecule has 0 fully saturated rings. The Bertz CT molecular complexity index is 1120. The molecule has 0 radical (unpaired) electrons. The monoisotopic (exact) mass is 438 g/mol. The van der Waals surface area contributed by atoms with Crippen LogP contribution in [0, 0.1) is 13.8 Å². The van der Waals surface area contributed by atoms with E-state index in [-0.39, 0.29) is 0 Å². The molecule has 2 aromatic carbocycles. The highest BCUT2D eigenvalue weighted by Crippen LogP contribution is 2.28. The van der Waals surface area contributed by atoms with Crippen molar-refractivity contribution in [1.82, 2.24) is 30.0 Å². The lowest BCUT2D eigenvalue weighted by Crippen LogP contribution is -2.04. The summed E-state index contributed by atoms with van der Waals surface area (Å²) in [6, 6.07) is 14.0. The Balaban J connectivity index is 1.58. The fourth-order valence-electron chi connectivity index (χ4n) is 2.83. The van der Waals surface area contributed by atoms with Gasteiger partial charge in [0.1, 0.15) is 10.4 Å². The summed E-state index contributed by atoms with van der Waals surface area (Å²) < 4.78 is 7.80. The number of aromatic nitrogens is 6. The summed E-state index contributed by atoms with van der Waals surface area (Å²) in [6.07, 6.45) is 1.74. The number of hydrogen-bond acceptors (Lipinski definition) is 5. The molecule has 0 aliphatic heterocycles. The second kappa shape index (κ2) is 7.55. The zero-order valence-corrected chi connectivity index (χ0v) is 17.4. The average Bonchev–Trinajstić information content (AvgIpc) is 3.31. The topological polar surface area (TPSA) is 70.7 Å². The molecule has 0 bridgehead atoms. The normalized spacial score (nSPS) is 11.0. The number of halogens is 1. The largest absolute Gasteiger partial charge is 0.497 e. The van der Waals surface area contributed by atoms with Crippen LogP contribution in [0.4, 0.5) is 0 Å². The molecule has 0 atom stereocenters.